The molecule has 0 fully saturated rings. The predicted octanol–water partition coefficient (Wildman–Crippen LogP) is 6.83. The number of carbonyl (C=O) groups excluding carboxylic acids is 1. The topological polar surface area (TPSA) is 48.4 Å². The summed E-state index contributed by atoms with van der Waals surface area (Å²) >= 11 is 0. The Balaban J connectivity index is 1.78. The van der Waals surface area contributed by atoms with Gasteiger partial charge in [-0.1, -0.05) is 59.3 Å². The minimum atomic E-state index is -0.183. The zero-order valence-electron chi connectivity index (χ0n) is 18.2. The quantitative estimate of drug-likeness (QED) is 0.211. The van der Waals surface area contributed by atoms with Crippen molar-refractivity contribution in [2.45, 2.75) is 72.1 Å². The molecule has 2 aromatic rings. The maximum atomic E-state index is 11.9. The smallest absolute Gasteiger partial charge is 0.311 e. The number of unbranched alkanes of at least 4 members (excludes halogenated alkanes) is 5. The molecule has 0 aliphatic carbocycles. The minimum absolute atomic E-state index is 0.183. The fraction of sp³-hybridized carbons (Fsp3) is 0.520. The van der Waals surface area contributed by atoms with Crippen LogP contribution in [0.25, 0.3) is 11.3 Å². The monoisotopic (exact) mass is 397 g/mol. The van der Waals surface area contributed by atoms with Gasteiger partial charge in [-0.3, -0.25) is 9.78 Å². The molecule has 0 amide bonds. The molecule has 4 nitrogen and oxygen atoms in total. The van der Waals surface area contributed by atoms with Crippen molar-refractivity contribution in [1.82, 2.24) is 4.98 Å². The lowest BCUT2D eigenvalue weighted by molar-refractivity contribution is -0.135. The van der Waals surface area contributed by atoms with Crippen LogP contribution in [0.15, 0.2) is 42.6 Å². The number of benzene rings is 1. The molecule has 0 saturated carbocycles. The fourth-order valence-electron chi connectivity index (χ4n) is 3.00. The van der Waals surface area contributed by atoms with Gasteiger partial charge in [0, 0.05) is 12.0 Å². The van der Waals surface area contributed by atoms with Crippen molar-refractivity contribution in [2.75, 3.05) is 6.61 Å². The largest absolute Gasteiger partial charge is 0.492 e. The Labute approximate surface area is 175 Å². The van der Waals surface area contributed by atoms with E-state index in [1.807, 2.05) is 36.4 Å². The molecule has 0 aliphatic rings. The summed E-state index contributed by atoms with van der Waals surface area (Å²) in [4.78, 5) is 16.4. The molecule has 1 atom stereocenters. The summed E-state index contributed by atoms with van der Waals surface area (Å²) < 4.78 is 11.2. The van der Waals surface area contributed by atoms with Crippen LogP contribution in [0.4, 0.5) is 0 Å². The highest BCUT2D eigenvalue weighted by atomic mass is 16.5. The van der Waals surface area contributed by atoms with Gasteiger partial charge in [-0.2, -0.15) is 0 Å². The average Bonchev–Trinajstić information content (AvgIpc) is 2.74. The van der Waals surface area contributed by atoms with E-state index in [1.165, 1.54) is 32.1 Å². The van der Waals surface area contributed by atoms with Crippen molar-refractivity contribution < 1.29 is 14.3 Å². The number of aromatic nitrogens is 1. The van der Waals surface area contributed by atoms with Gasteiger partial charge in [0.05, 0.1) is 18.5 Å². The van der Waals surface area contributed by atoms with Gasteiger partial charge in [0.15, 0.2) is 0 Å². The van der Waals surface area contributed by atoms with E-state index in [4.69, 9.17) is 9.47 Å². The number of nitrogens with zero attached hydrogens (tertiary/aromatic N) is 1. The first-order valence-electron chi connectivity index (χ1n) is 11.0. The van der Waals surface area contributed by atoms with E-state index in [0.29, 0.717) is 18.1 Å². The summed E-state index contributed by atoms with van der Waals surface area (Å²) in [5.74, 6) is 1.53. The van der Waals surface area contributed by atoms with Crippen LogP contribution in [0.2, 0.25) is 0 Å². The Morgan fingerprint density at radius 3 is 2.28 bits per heavy atom. The van der Waals surface area contributed by atoms with Crippen molar-refractivity contribution in [2.24, 2.45) is 5.92 Å². The zero-order chi connectivity index (χ0) is 20.9. The standard InChI is InChI=1S/C25H35NO3/c1-4-6-7-8-9-10-17-28-23-15-16-24(26-19-23)21-11-13-22(14-12-21)29-25(27)18-20(3)5-2/h11-16,19-20H,4-10,17-18H2,1-3H3. The van der Waals surface area contributed by atoms with Crippen LogP contribution in [-0.2, 0) is 4.79 Å². The van der Waals surface area contributed by atoms with Crippen LogP contribution in [0.1, 0.15) is 72.1 Å². The third kappa shape index (κ3) is 8.68. The lowest BCUT2D eigenvalue weighted by atomic mass is 10.1. The van der Waals surface area contributed by atoms with E-state index in [-0.39, 0.29) is 5.97 Å². The molecule has 0 radical (unpaired) electrons. The van der Waals surface area contributed by atoms with E-state index in [0.717, 1.165) is 36.5 Å². The third-order valence-corrected chi connectivity index (χ3v) is 5.10. The maximum absolute atomic E-state index is 11.9. The predicted molar refractivity (Wildman–Crippen MR) is 118 cm³/mol. The van der Waals surface area contributed by atoms with Crippen LogP contribution in [0.5, 0.6) is 11.5 Å². The van der Waals surface area contributed by atoms with Crippen molar-refractivity contribution in [3.8, 4) is 22.8 Å². The number of rotatable bonds is 13. The molecule has 4 heteroatoms. The minimum Gasteiger partial charge on any atom is -0.492 e. The molecule has 1 aromatic carbocycles. The Kier molecular flexibility index (Phi) is 10.3. The van der Waals surface area contributed by atoms with Crippen LogP contribution >= 0.6 is 0 Å². The Bertz CT molecular complexity index is 710. The fourth-order valence-corrected chi connectivity index (χ4v) is 3.00. The summed E-state index contributed by atoms with van der Waals surface area (Å²) in [6.07, 6.45) is 10.7. The second-order valence-electron chi connectivity index (χ2n) is 7.71. The first-order valence-corrected chi connectivity index (χ1v) is 11.0. The molecule has 0 aliphatic heterocycles. The summed E-state index contributed by atoms with van der Waals surface area (Å²) in [5, 5.41) is 0. The number of hydrogen-bond donors (Lipinski definition) is 0. The van der Waals surface area contributed by atoms with E-state index in [9.17, 15) is 4.79 Å². The van der Waals surface area contributed by atoms with E-state index < -0.39 is 0 Å². The van der Waals surface area contributed by atoms with E-state index >= 15 is 0 Å². The molecular weight excluding hydrogens is 362 g/mol. The molecule has 158 valence electrons. The molecule has 0 spiro atoms. The Hall–Kier alpha value is -2.36. The van der Waals surface area contributed by atoms with Gasteiger partial charge in [0.25, 0.3) is 0 Å². The normalized spacial score (nSPS) is 11.8. The molecule has 1 heterocycles. The van der Waals surface area contributed by atoms with Crippen molar-refractivity contribution in [3.05, 3.63) is 42.6 Å². The lowest BCUT2D eigenvalue weighted by Crippen LogP contribution is -2.11. The molecular formula is C25H35NO3. The van der Waals surface area contributed by atoms with Crippen LogP contribution in [0, 0.1) is 5.92 Å². The van der Waals surface area contributed by atoms with Crippen molar-refractivity contribution in [3.63, 3.8) is 0 Å². The van der Waals surface area contributed by atoms with E-state index in [2.05, 4.69) is 25.8 Å². The highest BCUT2D eigenvalue weighted by Crippen LogP contribution is 2.23. The Morgan fingerprint density at radius 1 is 0.931 bits per heavy atom. The van der Waals surface area contributed by atoms with Gasteiger partial charge in [-0.25, -0.2) is 0 Å². The van der Waals surface area contributed by atoms with Crippen molar-refractivity contribution >= 4 is 5.97 Å². The zero-order valence-corrected chi connectivity index (χ0v) is 18.2. The summed E-state index contributed by atoms with van der Waals surface area (Å²) in [6, 6.07) is 11.4. The number of ether oxygens (including phenoxy) is 2. The number of carbonyl (C=O) groups is 1. The average molecular weight is 398 g/mol. The second kappa shape index (κ2) is 13.0. The third-order valence-electron chi connectivity index (χ3n) is 5.10. The van der Waals surface area contributed by atoms with Crippen LogP contribution in [-0.4, -0.2) is 17.6 Å². The highest BCUT2D eigenvalue weighted by Gasteiger charge is 2.10. The van der Waals surface area contributed by atoms with Gasteiger partial charge < -0.3 is 9.47 Å². The number of pyridine rings is 1. The van der Waals surface area contributed by atoms with Gasteiger partial charge in [0.2, 0.25) is 0 Å². The summed E-state index contributed by atoms with van der Waals surface area (Å²) in [7, 11) is 0. The van der Waals surface area contributed by atoms with Crippen LogP contribution in [0.3, 0.4) is 0 Å². The lowest BCUT2D eigenvalue weighted by Gasteiger charge is -2.09. The van der Waals surface area contributed by atoms with Gasteiger partial charge >= 0.3 is 5.97 Å². The molecule has 0 bridgehead atoms. The molecule has 0 N–H and O–H groups in total. The first-order chi connectivity index (χ1) is 14.1. The Morgan fingerprint density at radius 2 is 1.62 bits per heavy atom. The van der Waals surface area contributed by atoms with Gasteiger partial charge in [-0.05, 0) is 48.7 Å². The van der Waals surface area contributed by atoms with Crippen molar-refractivity contribution in [1.29, 1.82) is 0 Å². The van der Waals surface area contributed by atoms with E-state index in [1.54, 1.807) is 6.20 Å². The highest BCUT2D eigenvalue weighted by molar-refractivity contribution is 5.73. The molecule has 2 rings (SSSR count). The molecule has 0 saturated heterocycles. The van der Waals surface area contributed by atoms with Gasteiger partial charge in [-0.15, -0.1) is 0 Å². The van der Waals surface area contributed by atoms with Crippen LogP contribution < -0.4 is 9.47 Å². The molecule has 1 unspecified atom stereocenters. The molecule has 1 aromatic heterocycles. The summed E-state index contributed by atoms with van der Waals surface area (Å²) in [6.45, 7) is 7.10. The first kappa shape index (κ1) is 22.9. The second-order valence-corrected chi connectivity index (χ2v) is 7.71. The SMILES string of the molecule is CCCCCCCCOc1ccc(-c2ccc(OC(=O)CC(C)CC)cc2)nc1. The maximum Gasteiger partial charge on any atom is 0.311 e. The molecule has 29 heavy (non-hydrogen) atoms. The number of esters is 1. The van der Waals surface area contributed by atoms with Gasteiger partial charge in [0.1, 0.15) is 11.5 Å². The summed E-state index contributed by atoms with van der Waals surface area (Å²) in [5.41, 5.74) is 1.85. The number of hydrogen-bond acceptors (Lipinski definition) is 4.